The van der Waals surface area contributed by atoms with Crippen LogP contribution < -0.4 is 0 Å². The highest BCUT2D eigenvalue weighted by Gasteiger charge is 2.58. The van der Waals surface area contributed by atoms with E-state index in [1.165, 1.54) is 16.7 Å². The van der Waals surface area contributed by atoms with Gasteiger partial charge in [-0.25, -0.2) is 0 Å². The van der Waals surface area contributed by atoms with Crippen LogP contribution in [-0.2, 0) is 4.74 Å². The van der Waals surface area contributed by atoms with Gasteiger partial charge in [0, 0.05) is 11.8 Å². The molecule has 0 spiro atoms. The molecule has 3 N–H and O–H groups in total. The maximum Gasteiger partial charge on any atom is 0.0841 e. The summed E-state index contributed by atoms with van der Waals surface area (Å²) in [6.45, 7) is 13.7. The van der Waals surface area contributed by atoms with Crippen molar-refractivity contribution in [3.05, 3.63) is 34.9 Å². The van der Waals surface area contributed by atoms with Crippen molar-refractivity contribution in [1.82, 2.24) is 0 Å². The maximum atomic E-state index is 11.1. The Morgan fingerprint density at radius 3 is 2.45 bits per heavy atom. The van der Waals surface area contributed by atoms with Gasteiger partial charge in [0.05, 0.1) is 30.0 Å². The summed E-state index contributed by atoms with van der Waals surface area (Å²) in [6, 6.07) is 0. The van der Waals surface area contributed by atoms with Gasteiger partial charge in [-0.05, 0) is 81.6 Å². The van der Waals surface area contributed by atoms with Crippen LogP contribution in [0.1, 0.15) is 92.9 Å². The number of allylic oxidation sites excluding steroid dienone is 4. The molecule has 2 saturated carbocycles. The molecule has 0 heterocycles. The molecule has 0 aromatic carbocycles. The Balaban J connectivity index is 1.54. The van der Waals surface area contributed by atoms with E-state index in [4.69, 9.17) is 4.74 Å². The lowest BCUT2D eigenvalue weighted by atomic mass is 9.49. The second kappa shape index (κ2) is 8.62. The standard InChI is InChI=1S/C29H46O4/c1-7-29(32,8-2)15-16-33-26(3,4)24-12-11-22-21-10-9-19-17-20(30)18-25(31)28(19,6)23(21)13-14-27(22,24)5/h9-10,12,20,22-23,25,30-32H,7-8,11,13-18H2,1-6H3/t20?,22-,23-,25?,27-,28-/m0/s1. The van der Waals surface area contributed by atoms with Gasteiger partial charge in [0.2, 0.25) is 0 Å². The zero-order chi connectivity index (χ0) is 24.2. The molecule has 0 radical (unpaired) electrons. The SMILES string of the molecule is CCC(O)(CC)CCOC(C)(C)C1=CC[C@H]2C3=CC=C4CC(O)CC(O)[C@]4(C)[C@H]3CC[C@]12C. The molecule has 2 unspecified atom stereocenters. The fourth-order valence-corrected chi connectivity index (χ4v) is 7.75. The van der Waals surface area contributed by atoms with Gasteiger partial charge in [0.1, 0.15) is 0 Å². The van der Waals surface area contributed by atoms with E-state index >= 15 is 0 Å². The minimum absolute atomic E-state index is 0.0541. The lowest BCUT2D eigenvalue weighted by Crippen LogP contribution is -2.52. The van der Waals surface area contributed by atoms with Gasteiger partial charge in [-0.2, -0.15) is 0 Å². The topological polar surface area (TPSA) is 69.9 Å². The molecule has 4 aliphatic carbocycles. The summed E-state index contributed by atoms with van der Waals surface area (Å²) in [6.07, 6.45) is 12.5. The molecular weight excluding hydrogens is 412 g/mol. The minimum atomic E-state index is -0.633. The molecular formula is C29H46O4. The molecule has 0 aromatic heterocycles. The van der Waals surface area contributed by atoms with Gasteiger partial charge in [-0.3, -0.25) is 0 Å². The number of aliphatic hydroxyl groups excluding tert-OH is 2. The third-order valence-corrected chi connectivity index (χ3v) is 10.2. The van der Waals surface area contributed by atoms with Crippen molar-refractivity contribution < 1.29 is 20.1 Å². The summed E-state index contributed by atoms with van der Waals surface area (Å²) < 4.78 is 6.47. The quantitative estimate of drug-likeness (QED) is 0.442. The molecule has 0 bridgehead atoms. The van der Waals surface area contributed by atoms with E-state index < -0.39 is 17.8 Å². The van der Waals surface area contributed by atoms with Crippen LogP contribution >= 0.6 is 0 Å². The largest absolute Gasteiger partial charge is 0.393 e. The number of hydrogen-bond donors (Lipinski definition) is 3. The summed E-state index contributed by atoms with van der Waals surface area (Å²) >= 11 is 0. The van der Waals surface area contributed by atoms with Crippen LogP contribution in [0.5, 0.6) is 0 Å². The van der Waals surface area contributed by atoms with E-state index in [2.05, 4.69) is 45.9 Å². The molecule has 2 fully saturated rings. The summed E-state index contributed by atoms with van der Waals surface area (Å²) in [4.78, 5) is 0. The Labute approximate surface area is 200 Å². The van der Waals surface area contributed by atoms with E-state index in [1.54, 1.807) is 0 Å². The average molecular weight is 459 g/mol. The predicted molar refractivity (Wildman–Crippen MR) is 133 cm³/mol. The summed E-state index contributed by atoms with van der Waals surface area (Å²) in [7, 11) is 0. The van der Waals surface area contributed by atoms with Crippen molar-refractivity contribution in [3.8, 4) is 0 Å². The molecule has 0 saturated heterocycles. The third-order valence-electron chi connectivity index (χ3n) is 10.2. The Hall–Kier alpha value is -0.940. The zero-order valence-electron chi connectivity index (χ0n) is 21.7. The van der Waals surface area contributed by atoms with Crippen molar-refractivity contribution in [2.24, 2.45) is 22.7 Å². The first kappa shape index (κ1) is 25.2. The predicted octanol–water partition coefficient (Wildman–Crippen LogP) is 5.47. The lowest BCUT2D eigenvalue weighted by Gasteiger charge is -2.56. The van der Waals surface area contributed by atoms with E-state index in [-0.39, 0.29) is 16.4 Å². The molecule has 186 valence electrons. The Bertz CT molecular complexity index is 848. The Kier molecular flexibility index (Phi) is 6.57. The molecule has 0 aliphatic heterocycles. The van der Waals surface area contributed by atoms with E-state index in [1.807, 2.05) is 13.8 Å². The van der Waals surface area contributed by atoms with Crippen LogP contribution in [0, 0.1) is 22.7 Å². The number of fused-ring (bicyclic) bond motifs is 5. The van der Waals surface area contributed by atoms with Gasteiger partial charge in [-0.15, -0.1) is 0 Å². The van der Waals surface area contributed by atoms with Crippen molar-refractivity contribution in [1.29, 1.82) is 0 Å². The van der Waals surface area contributed by atoms with E-state index in [0.717, 1.165) is 32.1 Å². The van der Waals surface area contributed by atoms with Crippen molar-refractivity contribution in [2.45, 2.75) is 116 Å². The molecule has 33 heavy (non-hydrogen) atoms. The molecule has 4 nitrogen and oxygen atoms in total. The van der Waals surface area contributed by atoms with Gasteiger partial charge in [0.25, 0.3) is 0 Å². The summed E-state index contributed by atoms with van der Waals surface area (Å²) in [5, 5.41) is 32.0. The third kappa shape index (κ3) is 3.99. The average Bonchev–Trinajstić information content (AvgIpc) is 3.13. The molecule has 4 aliphatic rings. The Morgan fingerprint density at radius 2 is 1.79 bits per heavy atom. The van der Waals surface area contributed by atoms with Crippen LogP contribution in [0.15, 0.2) is 34.9 Å². The van der Waals surface area contributed by atoms with Gasteiger partial charge in [0.15, 0.2) is 0 Å². The monoisotopic (exact) mass is 458 g/mol. The lowest BCUT2D eigenvalue weighted by molar-refractivity contribution is -0.0612. The minimum Gasteiger partial charge on any atom is -0.393 e. The Morgan fingerprint density at radius 1 is 1.09 bits per heavy atom. The fourth-order valence-electron chi connectivity index (χ4n) is 7.75. The number of ether oxygens (including phenoxy) is 1. The normalized spacial score (nSPS) is 38.6. The second-order valence-electron chi connectivity index (χ2n) is 12.2. The smallest absolute Gasteiger partial charge is 0.0841 e. The highest BCUT2D eigenvalue weighted by Crippen LogP contribution is 2.64. The summed E-state index contributed by atoms with van der Waals surface area (Å²) in [5.41, 5.74) is 2.90. The van der Waals surface area contributed by atoms with Crippen LogP contribution in [0.25, 0.3) is 0 Å². The molecule has 4 heteroatoms. The molecule has 4 rings (SSSR count). The van der Waals surface area contributed by atoms with Crippen LogP contribution in [0.3, 0.4) is 0 Å². The zero-order valence-corrected chi connectivity index (χ0v) is 21.7. The van der Waals surface area contributed by atoms with Gasteiger partial charge in [-0.1, -0.05) is 57.1 Å². The fraction of sp³-hybridized carbons (Fsp3) is 0.793. The summed E-state index contributed by atoms with van der Waals surface area (Å²) in [5.74, 6) is 0.782. The number of hydrogen-bond acceptors (Lipinski definition) is 4. The van der Waals surface area contributed by atoms with Gasteiger partial charge < -0.3 is 20.1 Å². The first-order chi connectivity index (χ1) is 15.4. The maximum absolute atomic E-state index is 11.1. The van der Waals surface area contributed by atoms with Crippen LogP contribution in [-0.4, -0.2) is 45.3 Å². The van der Waals surface area contributed by atoms with Crippen LogP contribution in [0.2, 0.25) is 0 Å². The van der Waals surface area contributed by atoms with Crippen molar-refractivity contribution in [2.75, 3.05) is 6.61 Å². The van der Waals surface area contributed by atoms with Crippen molar-refractivity contribution >= 4 is 0 Å². The highest BCUT2D eigenvalue weighted by molar-refractivity contribution is 5.44. The number of aliphatic hydroxyl groups is 3. The molecule has 6 atom stereocenters. The molecule has 0 amide bonds. The first-order valence-corrected chi connectivity index (χ1v) is 13.3. The van der Waals surface area contributed by atoms with Crippen LogP contribution in [0.4, 0.5) is 0 Å². The van der Waals surface area contributed by atoms with Crippen molar-refractivity contribution in [3.63, 3.8) is 0 Å². The first-order valence-electron chi connectivity index (χ1n) is 13.3. The van der Waals surface area contributed by atoms with Gasteiger partial charge >= 0.3 is 0 Å². The second-order valence-corrected chi connectivity index (χ2v) is 12.2. The number of rotatable bonds is 7. The van der Waals surface area contributed by atoms with E-state index in [9.17, 15) is 15.3 Å². The van der Waals surface area contributed by atoms with E-state index in [0.29, 0.717) is 37.7 Å². The molecule has 0 aromatic rings. The highest BCUT2D eigenvalue weighted by atomic mass is 16.5.